The zero-order valence-corrected chi connectivity index (χ0v) is 12.7. The Kier molecular flexibility index (Phi) is 21.0. The Morgan fingerprint density at radius 2 is 1.32 bits per heavy atom. The van der Waals surface area contributed by atoms with E-state index in [-0.39, 0.29) is 0 Å². The van der Waals surface area contributed by atoms with Gasteiger partial charge in [0.25, 0.3) is 5.97 Å². The summed E-state index contributed by atoms with van der Waals surface area (Å²) in [4.78, 5) is 9.00. The van der Waals surface area contributed by atoms with Crippen LogP contribution in [0.5, 0.6) is 0 Å². The van der Waals surface area contributed by atoms with E-state index in [1.54, 1.807) is 0 Å². The number of carbonyl (C=O) groups is 1. The van der Waals surface area contributed by atoms with Gasteiger partial charge in [-0.25, -0.2) is 0 Å². The summed E-state index contributed by atoms with van der Waals surface area (Å²) in [6.45, 7) is 3.63. The highest BCUT2D eigenvalue weighted by molar-refractivity contribution is 5.62. The van der Waals surface area contributed by atoms with Crippen molar-refractivity contribution in [2.24, 2.45) is 0 Å². The number of aliphatic hydroxyl groups is 1. The van der Waals surface area contributed by atoms with Gasteiger partial charge < -0.3 is 10.2 Å². The van der Waals surface area contributed by atoms with Crippen molar-refractivity contribution in [3.63, 3.8) is 0 Å². The maximum atomic E-state index is 9.00. The van der Waals surface area contributed by atoms with Crippen molar-refractivity contribution in [2.75, 3.05) is 6.61 Å². The number of allylic oxidation sites excluding steroid dienone is 2. The number of carboxylic acid groups (broad SMARTS) is 1. The minimum absolute atomic E-state index is 0.365. The van der Waals surface area contributed by atoms with Crippen LogP contribution < -0.4 is 0 Å². The van der Waals surface area contributed by atoms with Crippen LogP contribution in [0.3, 0.4) is 0 Å². The quantitative estimate of drug-likeness (QED) is 0.428. The number of aliphatic hydroxyl groups excluding tert-OH is 1. The van der Waals surface area contributed by atoms with Crippen LogP contribution in [0.1, 0.15) is 78.1 Å². The van der Waals surface area contributed by atoms with Crippen LogP contribution in [0, 0.1) is 0 Å². The lowest BCUT2D eigenvalue weighted by Gasteiger charge is -2.00. The first-order valence-electron chi connectivity index (χ1n) is 7.60. The van der Waals surface area contributed by atoms with Crippen LogP contribution in [-0.2, 0) is 4.79 Å². The van der Waals surface area contributed by atoms with Gasteiger partial charge in [-0.05, 0) is 25.7 Å². The summed E-state index contributed by atoms with van der Waals surface area (Å²) in [5, 5.41) is 16.0. The van der Waals surface area contributed by atoms with Gasteiger partial charge in [-0.1, -0.05) is 57.6 Å². The molecule has 0 spiro atoms. The van der Waals surface area contributed by atoms with Gasteiger partial charge in [0, 0.05) is 13.5 Å². The van der Waals surface area contributed by atoms with Crippen LogP contribution in [0.4, 0.5) is 0 Å². The minimum atomic E-state index is -0.833. The first-order chi connectivity index (χ1) is 9.15. The second-order valence-electron chi connectivity index (χ2n) is 4.74. The SMILES string of the molecule is CC(=O)O.CCC=CCCCCCCCCCCO. The molecule has 0 radical (unpaired) electrons. The molecule has 0 aliphatic rings. The van der Waals surface area contributed by atoms with Crippen LogP contribution in [0.15, 0.2) is 12.2 Å². The van der Waals surface area contributed by atoms with E-state index in [4.69, 9.17) is 15.0 Å². The third-order valence-electron chi connectivity index (χ3n) is 2.68. The van der Waals surface area contributed by atoms with E-state index in [0.29, 0.717) is 6.61 Å². The number of aliphatic carboxylic acids is 1. The smallest absolute Gasteiger partial charge is 0.300 e. The van der Waals surface area contributed by atoms with Crippen molar-refractivity contribution in [3.05, 3.63) is 12.2 Å². The Bertz CT molecular complexity index is 196. The predicted molar refractivity (Wildman–Crippen MR) is 81.4 cm³/mol. The first kappa shape index (κ1) is 20.5. The fraction of sp³-hybridized carbons (Fsp3) is 0.812. The van der Waals surface area contributed by atoms with E-state index >= 15 is 0 Å². The zero-order valence-electron chi connectivity index (χ0n) is 12.7. The summed E-state index contributed by atoms with van der Waals surface area (Å²) < 4.78 is 0. The van der Waals surface area contributed by atoms with Crippen molar-refractivity contribution in [1.29, 1.82) is 0 Å². The van der Waals surface area contributed by atoms with Gasteiger partial charge in [0.15, 0.2) is 0 Å². The number of hydrogen-bond acceptors (Lipinski definition) is 2. The van der Waals surface area contributed by atoms with Crippen molar-refractivity contribution in [2.45, 2.75) is 78.1 Å². The first-order valence-corrected chi connectivity index (χ1v) is 7.60. The fourth-order valence-electron chi connectivity index (χ4n) is 1.72. The number of hydrogen-bond donors (Lipinski definition) is 2. The molecule has 0 aromatic heterocycles. The maximum absolute atomic E-state index is 9.00. The summed E-state index contributed by atoms with van der Waals surface area (Å²) in [6, 6.07) is 0. The van der Waals surface area contributed by atoms with Gasteiger partial charge in [-0.3, -0.25) is 4.79 Å². The number of unbranched alkanes of at least 4 members (excludes halogenated alkanes) is 8. The van der Waals surface area contributed by atoms with Gasteiger partial charge in [0.2, 0.25) is 0 Å². The molecule has 0 saturated carbocycles. The predicted octanol–water partition coefficient (Wildman–Crippen LogP) is 4.55. The van der Waals surface area contributed by atoms with Crippen LogP contribution in [0.2, 0.25) is 0 Å². The molecule has 19 heavy (non-hydrogen) atoms. The Balaban J connectivity index is 0. The molecule has 0 fully saturated rings. The molecule has 0 aliphatic carbocycles. The molecule has 0 heterocycles. The molecule has 0 saturated heterocycles. The second kappa shape index (κ2) is 19.5. The lowest BCUT2D eigenvalue weighted by molar-refractivity contribution is -0.134. The molecule has 0 aliphatic heterocycles. The number of carboxylic acids is 1. The molecule has 0 rings (SSSR count). The molecule has 114 valence electrons. The van der Waals surface area contributed by atoms with Crippen molar-refractivity contribution in [3.8, 4) is 0 Å². The summed E-state index contributed by atoms with van der Waals surface area (Å²) >= 11 is 0. The fourth-order valence-corrected chi connectivity index (χ4v) is 1.72. The minimum Gasteiger partial charge on any atom is -0.481 e. The molecule has 0 bridgehead atoms. The number of rotatable bonds is 11. The third-order valence-corrected chi connectivity index (χ3v) is 2.68. The molecule has 2 N–H and O–H groups in total. The highest BCUT2D eigenvalue weighted by atomic mass is 16.4. The normalized spacial score (nSPS) is 10.3. The molecule has 0 aromatic rings. The average molecular weight is 272 g/mol. The van der Waals surface area contributed by atoms with E-state index in [9.17, 15) is 0 Å². The highest BCUT2D eigenvalue weighted by Gasteiger charge is 1.91. The van der Waals surface area contributed by atoms with E-state index < -0.39 is 5.97 Å². The topological polar surface area (TPSA) is 57.5 Å². The molecule has 0 unspecified atom stereocenters. The van der Waals surface area contributed by atoms with Gasteiger partial charge in [0.05, 0.1) is 0 Å². The van der Waals surface area contributed by atoms with Crippen LogP contribution in [0.25, 0.3) is 0 Å². The van der Waals surface area contributed by atoms with Crippen LogP contribution in [-0.4, -0.2) is 22.8 Å². The summed E-state index contributed by atoms with van der Waals surface area (Å²) in [6.07, 6.45) is 17.3. The zero-order chi connectivity index (χ0) is 14.8. The van der Waals surface area contributed by atoms with Crippen molar-refractivity contribution in [1.82, 2.24) is 0 Å². The molecular weight excluding hydrogens is 240 g/mol. The second-order valence-corrected chi connectivity index (χ2v) is 4.74. The Morgan fingerprint density at radius 1 is 0.895 bits per heavy atom. The third kappa shape index (κ3) is 31.7. The molecule has 3 heteroatoms. The van der Waals surface area contributed by atoms with Crippen molar-refractivity contribution < 1.29 is 15.0 Å². The van der Waals surface area contributed by atoms with Crippen molar-refractivity contribution >= 4 is 5.97 Å². The molecular formula is C16H32O3. The Hall–Kier alpha value is -0.830. The molecule has 0 amide bonds. The molecule has 0 atom stereocenters. The highest BCUT2D eigenvalue weighted by Crippen LogP contribution is 2.09. The largest absolute Gasteiger partial charge is 0.481 e. The lowest BCUT2D eigenvalue weighted by atomic mass is 10.1. The maximum Gasteiger partial charge on any atom is 0.300 e. The summed E-state index contributed by atoms with van der Waals surface area (Å²) in [5.41, 5.74) is 0. The Morgan fingerprint density at radius 3 is 1.74 bits per heavy atom. The van der Waals surface area contributed by atoms with Gasteiger partial charge in [-0.15, -0.1) is 0 Å². The van der Waals surface area contributed by atoms with Gasteiger partial charge in [0.1, 0.15) is 0 Å². The van der Waals surface area contributed by atoms with E-state index in [2.05, 4.69) is 19.1 Å². The monoisotopic (exact) mass is 272 g/mol. The van der Waals surface area contributed by atoms with Gasteiger partial charge in [-0.2, -0.15) is 0 Å². The molecule has 0 aromatic carbocycles. The van der Waals surface area contributed by atoms with E-state index in [0.717, 1.165) is 13.3 Å². The van der Waals surface area contributed by atoms with E-state index in [1.165, 1.54) is 57.8 Å². The van der Waals surface area contributed by atoms with E-state index in [1.807, 2.05) is 0 Å². The average Bonchev–Trinajstić information content (AvgIpc) is 2.35. The summed E-state index contributed by atoms with van der Waals surface area (Å²) in [7, 11) is 0. The Labute approximate surface area is 118 Å². The molecule has 3 nitrogen and oxygen atoms in total. The summed E-state index contributed by atoms with van der Waals surface area (Å²) in [5.74, 6) is -0.833. The lowest BCUT2D eigenvalue weighted by Crippen LogP contribution is -1.84. The van der Waals surface area contributed by atoms with Crippen LogP contribution >= 0.6 is 0 Å². The standard InChI is InChI=1S/C14H28O.C2H4O2/c1-2-3-4-5-6-7-8-9-10-11-12-13-14-15;1-2(3)4/h3-4,15H,2,5-14H2,1H3;1H3,(H,3,4). The van der Waals surface area contributed by atoms with Gasteiger partial charge >= 0.3 is 0 Å².